The third-order valence-corrected chi connectivity index (χ3v) is 6.12. The summed E-state index contributed by atoms with van der Waals surface area (Å²) in [5.74, 6) is -0.750. The zero-order valence-electron chi connectivity index (χ0n) is 17.8. The first-order chi connectivity index (χ1) is 16.6. The second kappa shape index (κ2) is 7.74. The number of aromatic nitrogens is 1. The van der Waals surface area contributed by atoms with E-state index in [4.69, 9.17) is 9.47 Å². The molecular weight excluding hydrogens is 432 g/mol. The molecule has 0 aliphatic carbocycles. The van der Waals surface area contributed by atoms with Crippen molar-refractivity contribution in [2.24, 2.45) is 0 Å². The number of pyridine rings is 1. The van der Waals surface area contributed by atoms with Crippen molar-refractivity contribution in [3.05, 3.63) is 102 Å². The summed E-state index contributed by atoms with van der Waals surface area (Å²) in [7, 11) is 0. The monoisotopic (exact) mass is 450 g/mol. The van der Waals surface area contributed by atoms with Crippen molar-refractivity contribution in [3.63, 3.8) is 0 Å². The summed E-state index contributed by atoms with van der Waals surface area (Å²) in [5, 5.41) is 13.1. The lowest BCUT2D eigenvalue weighted by atomic mass is 9.95. The van der Waals surface area contributed by atoms with E-state index in [1.54, 1.807) is 48.8 Å². The number of hydrogen-bond acceptors (Lipinski definition) is 6. The number of rotatable bonds is 3. The van der Waals surface area contributed by atoms with Crippen LogP contribution in [0.1, 0.15) is 17.2 Å². The first-order valence-corrected chi connectivity index (χ1v) is 10.7. The van der Waals surface area contributed by atoms with Crippen molar-refractivity contribution in [1.29, 1.82) is 0 Å². The molecule has 7 heteroatoms. The molecule has 3 aromatic carbocycles. The van der Waals surface area contributed by atoms with Gasteiger partial charge in [-0.05, 0) is 41.3 Å². The molecular formula is C27H18N2O5. The minimum atomic E-state index is -0.857. The molecule has 2 aliphatic heterocycles. The standard InChI is InChI=1S/C27H18N2O5/c30-25(17-10-11-21-22(13-17)34-15-33-21)23-24(18-7-4-12-28-14-18)29(27(32)26(23)31)20-9-3-6-16-5-1-2-8-19(16)20/h1-14,24,30H,15H2/b25-23+. The lowest BCUT2D eigenvalue weighted by Gasteiger charge is -2.26. The summed E-state index contributed by atoms with van der Waals surface area (Å²) < 4.78 is 10.8. The van der Waals surface area contributed by atoms with Crippen LogP contribution in [0.4, 0.5) is 5.69 Å². The van der Waals surface area contributed by atoms with E-state index in [1.807, 2.05) is 36.4 Å². The molecule has 1 unspecified atom stereocenters. The van der Waals surface area contributed by atoms with E-state index in [0.29, 0.717) is 28.3 Å². The molecule has 0 saturated carbocycles. The molecule has 0 radical (unpaired) electrons. The van der Waals surface area contributed by atoms with Crippen molar-refractivity contribution in [2.45, 2.75) is 6.04 Å². The molecule has 0 bridgehead atoms. The highest BCUT2D eigenvalue weighted by atomic mass is 16.7. The SMILES string of the molecule is O=C1C(=O)N(c2cccc3ccccc23)C(c2cccnc2)/C1=C(\O)c1ccc2c(c1)OCO2. The van der Waals surface area contributed by atoms with Gasteiger partial charge in [-0.3, -0.25) is 19.5 Å². The van der Waals surface area contributed by atoms with Gasteiger partial charge in [-0.15, -0.1) is 0 Å². The summed E-state index contributed by atoms with van der Waals surface area (Å²) in [5.41, 5.74) is 1.54. The minimum absolute atomic E-state index is 0.00944. The highest BCUT2D eigenvalue weighted by molar-refractivity contribution is 6.52. The van der Waals surface area contributed by atoms with Gasteiger partial charge >= 0.3 is 0 Å². The van der Waals surface area contributed by atoms with E-state index in [9.17, 15) is 14.7 Å². The van der Waals surface area contributed by atoms with Crippen LogP contribution in [0.2, 0.25) is 0 Å². The molecule has 7 nitrogen and oxygen atoms in total. The number of ketones is 1. The lowest BCUT2D eigenvalue weighted by molar-refractivity contribution is -0.132. The summed E-state index contributed by atoms with van der Waals surface area (Å²) in [6.07, 6.45) is 3.22. The first-order valence-electron chi connectivity index (χ1n) is 10.7. The van der Waals surface area contributed by atoms with Crippen LogP contribution in [-0.4, -0.2) is 28.6 Å². The van der Waals surface area contributed by atoms with E-state index in [-0.39, 0.29) is 18.1 Å². The quantitative estimate of drug-likeness (QED) is 0.279. The number of benzene rings is 3. The summed E-state index contributed by atoms with van der Waals surface area (Å²) in [4.78, 5) is 32.4. The molecule has 3 heterocycles. The van der Waals surface area contributed by atoms with Gasteiger partial charge in [0.15, 0.2) is 11.5 Å². The topological polar surface area (TPSA) is 89.0 Å². The number of Topliss-reactive ketones (excluding diaryl/α,β-unsaturated/α-hetero) is 1. The van der Waals surface area contributed by atoms with Crippen LogP contribution < -0.4 is 14.4 Å². The van der Waals surface area contributed by atoms with Crippen LogP contribution in [0.25, 0.3) is 16.5 Å². The fourth-order valence-corrected chi connectivity index (χ4v) is 4.55. The Morgan fingerprint density at radius 3 is 2.62 bits per heavy atom. The number of ether oxygens (including phenoxy) is 2. The van der Waals surface area contributed by atoms with Crippen LogP contribution in [-0.2, 0) is 9.59 Å². The average molecular weight is 450 g/mol. The molecule has 1 N–H and O–H groups in total. The van der Waals surface area contributed by atoms with Gasteiger partial charge in [-0.25, -0.2) is 0 Å². The Balaban J connectivity index is 1.58. The van der Waals surface area contributed by atoms with Crippen LogP contribution in [0, 0.1) is 0 Å². The molecule has 0 spiro atoms. The lowest BCUT2D eigenvalue weighted by Crippen LogP contribution is -2.29. The number of hydrogen-bond donors (Lipinski definition) is 1. The van der Waals surface area contributed by atoms with E-state index >= 15 is 0 Å². The highest BCUT2D eigenvalue weighted by Gasteiger charge is 2.47. The Morgan fingerprint density at radius 2 is 1.76 bits per heavy atom. The Kier molecular flexibility index (Phi) is 4.55. The van der Waals surface area contributed by atoms with Crippen molar-refractivity contribution in [3.8, 4) is 11.5 Å². The number of aliphatic hydroxyl groups excluding tert-OH is 1. The van der Waals surface area contributed by atoms with Crippen LogP contribution in [0.5, 0.6) is 11.5 Å². The molecule has 34 heavy (non-hydrogen) atoms. The molecule has 1 atom stereocenters. The number of amides is 1. The summed E-state index contributed by atoms with van der Waals surface area (Å²) >= 11 is 0. The predicted octanol–water partition coefficient (Wildman–Crippen LogP) is 4.59. The van der Waals surface area contributed by atoms with E-state index in [1.165, 1.54) is 4.90 Å². The predicted molar refractivity (Wildman–Crippen MR) is 126 cm³/mol. The zero-order chi connectivity index (χ0) is 23.2. The number of aliphatic hydroxyl groups is 1. The van der Waals surface area contributed by atoms with Gasteiger partial charge < -0.3 is 14.6 Å². The number of carbonyl (C=O) groups excluding carboxylic acids is 2. The van der Waals surface area contributed by atoms with Gasteiger partial charge in [0, 0.05) is 23.3 Å². The molecule has 4 aromatic rings. The third kappa shape index (κ3) is 3.02. The number of fused-ring (bicyclic) bond motifs is 2. The van der Waals surface area contributed by atoms with Gasteiger partial charge in [0.1, 0.15) is 5.76 Å². The van der Waals surface area contributed by atoms with Crippen LogP contribution >= 0.6 is 0 Å². The van der Waals surface area contributed by atoms with Gasteiger partial charge in [-0.2, -0.15) is 0 Å². The number of carbonyl (C=O) groups is 2. The smallest absolute Gasteiger partial charge is 0.300 e. The number of nitrogens with zero attached hydrogens (tertiary/aromatic N) is 2. The maximum Gasteiger partial charge on any atom is 0.300 e. The van der Waals surface area contributed by atoms with Gasteiger partial charge in [0.2, 0.25) is 6.79 Å². The van der Waals surface area contributed by atoms with Gasteiger partial charge in [-0.1, -0.05) is 42.5 Å². The zero-order valence-corrected chi connectivity index (χ0v) is 17.8. The molecule has 6 rings (SSSR count). The Labute approximate surface area is 194 Å². The summed E-state index contributed by atoms with van der Waals surface area (Å²) in [6.45, 7) is 0.0840. The summed E-state index contributed by atoms with van der Waals surface area (Å²) in [6, 6.07) is 20.8. The van der Waals surface area contributed by atoms with E-state index < -0.39 is 17.7 Å². The van der Waals surface area contributed by atoms with Gasteiger partial charge in [0.05, 0.1) is 17.3 Å². The largest absolute Gasteiger partial charge is 0.507 e. The maximum absolute atomic E-state index is 13.4. The Bertz CT molecular complexity index is 1490. The molecule has 1 fully saturated rings. The Morgan fingerprint density at radius 1 is 0.941 bits per heavy atom. The Hall–Kier alpha value is -4.65. The maximum atomic E-state index is 13.4. The van der Waals surface area contributed by atoms with Crippen LogP contribution in [0.3, 0.4) is 0 Å². The van der Waals surface area contributed by atoms with Crippen molar-refractivity contribution in [1.82, 2.24) is 4.98 Å². The highest BCUT2D eigenvalue weighted by Crippen LogP contribution is 2.44. The molecule has 1 amide bonds. The molecule has 166 valence electrons. The average Bonchev–Trinajstić information content (AvgIpc) is 3.46. The molecule has 1 saturated heterocycles. The molecule has 1 aromatic heterocycles. The van der Waals surface area contributed by atoms with Crippen molar-refractivity contribution >= 4 is 33.9 Å². The fraction of sp³-hybridized carbons (Fsp3) is 0.0741. The van der Waals surface area contributed by atoms with E-state index in [0.717, 1.165) is 10.8 Å². The second-order valence-corrected chi connectivity index (χ2v) is 8.02. The van der Waals surface area contributed by atoms with E-state index in [2.05, 4.69) is 4.98 Å². The van der Waals surface area contributed by atoms with Crippen molar-refractivity contribution < 1.29 is 24.2 Å². The molecule has 2 aliphatic rings. The second-order valence-electron chi connectivity index (χ2n) is 8.02. The first kappa shape index (κ1) is 20.0. The normalized spacial score (nSPS) is 18.6. The minimum Gasteiger partial charge on any atom is -0.507 e. The van der Waals surface area contributed by atoms with Crippen molar-refractivity contribution in [2.75, 3.05) is 11.7 Å². The third-order valence-electron chi connectivity index (χ3n) is 6.12. The number of anilines is 1. The van der Waals surface area contributed by atoms with Crippen LogP contribution in [0.15, 0.2) is 90.8 Å². The fourth-order valence-electron chi connectivity index (χ4n) is 4.55. The van der Waals surface area contributed by atoms with Gasteiger partial charge in [0.25, 0.3) is 11.7 Å².